The van der Waals surface area contributed by atoms with Crippen LogP contribution in [-0.2, 0) is 19.7 Å². The largest absolute Gasteiger partial charge is 0.500 e. The van der Waals surface area contributed by atoms with Crippen molar-refractivity contribution in [3.05, 3.63) is 52.4 Å². The first-order valence-electron chi connectivity index (χ1n) is 8.83. The lowest BCUT2D eigenvalue weighted by molar-refractivity contribution is -0.0470. The van der Waals surface area contributed by atoms with Gasteiger partial charge in [0, 0.05) is 0 Å². The van der Waals surface area contributed by atoms with Crippen LogP contribution in [0.4, 0.5) is 76.3 Å². The number of benzene rings is 2. The zero-order valence-electron chi connectivity index (χ0n) is 17.6. The van der Waals surface area contributed by atoms with E-state index in [2.05, 4.69) is 5.73 Å². The molecule has 2 rings (SSSR count). The fourth-order valence-corrected chi connectivity index (χ4v) is 6.29. The molecule has 0 aromatic heterocycles. The molecule has 0 heterocycles. The minimum Gasteiger partial charge on any atom is -0.351 e. The van der Waals surface area contributed by atoms with Crippen LogP contribution in [0.25, 0.3) is 11.1 Å². The van der Waals surface area contributed by atoms with Crippen LogP contribution in [0.5, 0.6) is 0 Å². The van der Waals surface area contributed by atoms with Crippen molar-refractivity contribution < 1.29 is 87.5 Å². The molecular formula is C16H3F15N2O5S2. The van der Waals surface area contributed by atoms with E-state index in [0.29, 0.717) is 0 Å². The molecule has 224 valence electrons. The van der Waals surface area contributed by atoms with E-state index >= 15 is 0 Å². The molecule has 0 saturated carbocycles. The minimum absolute atomic E-state index is 2.26. The second-order valence-electron chi connectivity index (χ2n) is 6.92. The van der Waals surface area contributed by atoms with Crippen LogP contribution in [0.15, 0.2) is 0 Å². The van der Waals surface area contributed by atoms with Gasteiger partial charge < -0.3 is 5.73 Å². The number of primary amides is 1. The highest BCUT2D eigenvalue weighted by atomic mass is 32.3. The molecule has 0 spiro atoms. The number of carbonyl (C=O) groups is 1. The summed E-state index contributed by atoms with van der Waals surface area (Å²) in [5.74, 6) is -29.5. The monoisotopic (exact) mass is 652 g/mol. The van der Waals surface area contributed by atoms with Crippen molar-refractivity contribution in [2.45, 2.75) is 15.7 Å². The predicted molar refractivity (Wildman–Crippen MR) is 97.3 cm³/mol. The van der Waals surface area contributed by atoms with Gasteiger partial charge in [0.25, 0.3) is 24.4 Å². The van der Waals surface area contributed by atoms with Crippen LogP contribution in [0, 0.1) is 52.4 Å². The van der Waals surface area contributed by atoms with E-state index < -0.39 is 115 Å². The van der Waals surface area contributed by atoms with Gasteiger partial charge in [0.1, 0.15) is 5.69 Å². The van der Waals surface area contributed by atoms with Gasteiger partial charge in [-0.05, 0) is 0 Å². The third kappa shape index (κ3) is 4.75. The van der Waals surface area contributed by atoms with Crippen LogP contribution >= 0.6 is 0 Å². The molecule has 2 amide bonds. The first-order valence-corrected chi connectivity index (χ1v) is 11.9. The van der Waals surface area contributed by atoms with Gasteiger partial charge in [0.15, 0.2) is 46.5 Å². The van der Waals surface area contributed by atoms with Crippen LogP contribution in [-0.4, -0.2) is 38.6 Å². The number of carbonyl (C=O) groups excluding carboxylic acids is 1. The Balaban J connectivity index is 3.19. The average molecular weight is 652 g/mol. The average Bonchev–Trinajstić information content (AvgIpc) is 2.79. The molecule has 0 aliphatic heterocycles. The number of halogens is 15. The topological polar surface area (TPSA) is 115 Å². The fourth-order valence-electron chi connectivity index (χ4n) is 2.87. The molecule has 0 unspecified atom stereocenters. The summed E-state index contributed by atoms with van der Waals surface area (Å²) in [4.78, 5) is 9.39. The predicted octanol–water partition coefficient (Wildman–Crippen LogP) is 4.64. The molecule has 0 aliphatic rings. The second kappa shape index (κ2) is 9.88. The van der Waals surface area contributed by atoms with Crippen LogP contribution < -0.4 is 10.6 Å². The first-order chi connectivity index (χ1) is 17.8. The molecular weight excluding hydrogens is 649 g/mol. The number of nitrogens with zero attached hydrogens (tertiary/aromatic N) is 1. The number of sulfone groups is 2. The maximum absolute atomic E-state index is 14.8. The normalized spacial score (nSPS) is 13.2. The molecule has 7 nitrogen and oxygen atoms in total. The van der Waals surface area contributed by atoms with E-state index in [0.717, 1.165) is 0 Å². The summed E-state index contributed by atoms with van der Waals surface area (Å²) < 4.78 is 247. The number of alkyl halides is 6. The maximum atomic E-state index is 14.8. The number of nitrogens with two attached hydrogens (primary N) is 1. The summed E-state index contributed by atoms with van der Waals surface area (Å²) in [7, 11) is -16.1. The van der Waals surface area contributed by atoms with Crippen LogP contribution in [0.2, 0.25) is 0 Å². The Morgan fingerprint density at radius 2 is 0.800 bits per heavy atom. The Labute approximate surface area is 209 Å². The van der Waals surface area contributed by atoms with E-state index in [1.807, 2.05) is 0 Å². The van der Waals surface area contributed by atoms with Crippen molar-refractivity contribution in [1.82, 2.24) is 0 Å². The Hall–Kier alpha value is -3.44. The minimum atomic E-state index is -8.04. The zero-order chi connectivity index (χ0) is 31.7. The van der Waals surface area contributed by atoms with E-state index in [-0.39, 0.29) is 0 Å². The number of amides is 2. The third-order valence-electron chi connectivity index (χ3n) is 4.57. The Morgan fingerprint density at radius 1 is 0.550 bits per heavy atom. The van der Waals surface area contributed by atoms with Crippen molar-refractivity contribution >= 4 is 31.4 Å². The number of hydrogen-bond donors (Lipinski definition) is 1. The summed E-state index contributed by atoms with van der Waals surface area (Å²) in [6, 6.07) is -3.27. The van der Waals surface area contributed by atoms with Crippen molar-refractivity contribution in [3.8, 4) is 11.1 Å². The van der Waals surface area contributed by atoms with Gasteiger partial charge in [-0.25, -0.2) is 61.1 Å². The van der Waals surface area contributed by atoms with Crippen molar-refractivity contribution in [3.63, 3.8) is 0 Å². The van der Waals surface area contributed by atoms with E-state index in [1.54, 1.807) is 0 Å². The maximum Gasteiger partial charge on any atom is 0.500 e. The molecule has 2 aromatic carbocycles. The van der Waals surface area contributed by atoms with Crippen LogP contribution in [0.3, 0.4) is 0 Å². The van der Waals surface area contributed by atoms with Gasteiger partial charge >= 0.3 is 17.0 Å². The van der Waals surface area contributed by atoms with Crippen LogP contribution in [0.1, 0.15) is 0 Å². The number of hydrogen-bond acceptors (Lipinski definition) is 5. The van der Waals surface area contributed by atoms with Crippen molar-refractivity contribution in [2.24, 2.45) is 5.73 Å². The summed E-state index contributed by atoms with van der Waals surface area (Å²) >= 11 is 0. The molecule has 0 radical (unpaired) electrons. The Morgan fingerprint density at radius 3 is 1.05 bits per heavy atom. The van der Waals surface area contributed by atoms with E-state index in [4.69, 9.17) is 0 Å². The standard InChI is InChI=1S/C16H3F15N2O5S2/c17-3-1(4(18)8(22)9(23)7(3)21)2-5(19)10(24)12(11(25)6(2)20)33(13(32)34)14(39(35,36)15(26,27)28)40(37,38)16(29,30)31/h14H,(H2,32,34). The molecule has 40 heavy (non-hydrogen) atoms. The molecule has 2 aromatic rings. The SMILES string of the molecule is NC(=O)N(c1c(F)c(F)c(-c2c(F)c(F)c(F)c(F)c2F)c(F)c1F)C(S(=O)(=O)C(F)(F)F)S(=O)(=O)C(F)(F)F. The van der Waals surface area contributed by atoms with Gasteiger partial charge in [-0.3, -0.25) is 4.90 Å². The molecule has 0 atom stereocenters. The molecule has 0 bridgehead atoms. The third-order valence-corrected chi connectivity index (χ3v) is 8.86. The highest BCUT2D eigenvalue weighted by molar-refractivity contribution is 8.10. The summed E-state index contributed by atoms with van der Waals surface area (Å²) in [6.07, 6.45) is 0. The summed E-state index contributed by atoms with van der Waals surface area (Å²) in [5.41, 5.74) is -19.1. The zero-order valence-corrected chi connectivity index (χ0v) is 19.3. The number of rotatable bonds is 5. The van der Waals surface area contributed by atoms with Gasteiger partial charge in [0.2, 0.25) is 5.82 Å². The van der Waals surface area contributed by atoms with Gasteiger partial charge in [0.05, 0.1) is 11.1 Å². The van der Waals surface area contributed by atoms with Gasteiger partial charge in [-0.2, -0.15) is 26.3 Å². The van der Waals surface area contributed by atoms with E-state index in [1.165, 1.54) is 0 Å². The van der Waals surface area contributed by atoms with Gasteiger partial charge in [-0.1, -0.05) is 0 Å². The first kappa shape index (κ1) is 32.8. The number of urea groups is 1. The van der Waals surface area contributed by atoms with E-state index in [9.17, 15) is 87.5 Å². The van der Waals surface area contributed by atoms with Crippen molar-refractivity contribution in [2.75, 3.05) is 4.90 Å². The molecule has 24 heteroatoms. The quantitative estimate of drug-likeness (QED) is 0.287. The Kier molecular flexibility index (Phi) is 8.10. The summed E-state index contributed by atoms with van der Waals surface area (Å²) in [5, 5.41) is 0. The molecule has 0 saturated heterocycles. The highest BCUT2D eigenvalue weighted by Gasteiger charge is 2.66. The Bertz CT molecular complexity index is 1530. The highest BCUT2D eigenvalue weighted by Crippen LogP contribution is 2.44. The second-order valence-corrected chi connectivity index (χ2v) is 11.2. The molecule has 2 N–H and O–H groups in total. The summed E-state index contributed by atoms with van der Waals surface area (Å²) in [6.45, 7) is 0. The lowest BCUT2D eigenvalue weighted by Crippen LogP contribution is -2.58. The smallest absolute Gasteiger partial charge is 0.351 e. The van der Waals surface area contributed by atoms with Gasteiger partial charge in [-0.15, -0.1) is 0 Å². The number of anilines is 1. The van der Waals surface area contributed by atoms with Crippen molar-refractivity contribution in [1.29, 1.82) is 0 Å². The molecule has 0 fully saturated rings. The lowest BCUT2D eigenvalue weighted by atomic mass is 10.0. The molecule has 0 aliphatic carbocycles. The lowest BCUT2D eigenvalue weighted by Gasteiger charge is -2.31. The fraction of sp³-hybridized carbons (Fsp3) is 0.188.